The second-order valence-electron chi connectivity index (χ2n) is 8.69. The number of halogens is 3. The molecule has 0 aliphatic carbocycles. The number of pyridine rings is 1. The molecule has 0 radical (unpaired) electrons. The summed E-state index contributed by atoms with van der Waals surface area (Å²) in [5.41, 5.74) is 7.31. The van der Waals surface area contributed by atoms with Gasteiger partial charge in [-0.05, 0) is 98.7 Å². The van der Waals surface area contributed by atoms with Crippen molar-refractivity contribution < 1.29 is 0 Å². The van der Waals surface area contributed by atoms with Gasteiger partial charge in [-0.3, -0.25) is 4.98 Å². The molecule has 4 aromatic rings. The Morgan fingerprint density at radius 1 is 1.00 bits per heavy atom. The van der Waals surface area contributed by atoms with Crippen LogP contribution in [-0.4, -0.2) is 14.7 Å². The van der Waals surface area contributed by atoms with Crippen LogP contribution in [0.3, 0.4) is 0 Å². The van der Waals surface area contributed by atoms with E-state index < -0.39 is 0 Å². The average molecular weight is 586 g/mol. The summed E-state index contributed by atoms with van der Waals surface area (Å²) in [5.74, 6) is 0. The lowest BCUT2D eigenvalue weighted by atomic mass is 9.96. The third-order valence-corrected chi connectivity index (χ3v) is 8.20. The van der Waals surface area contributed by atoms with E-state index in [-0.39, 0.29) is 12.1 Å². The molecule has 2 aromatic carbocycles. The van der Waals surface area contributed by atoms with Gasteiger partial charge in [0.25, 0.3) is 0 Å². The number of rotatable bonds is 4. The van der Waals surface area contributed by atoms with Gasteiger partial charge in [0.15, 0.2) is 5.11 Å². The molecule has 1 saturated heterocycles. The first-order valence-electron chi connectivity index (χ1n) is 11.2. The Morgan fingerprint density at radius 3 is 2.49 bits per heavy atom. The van der Waals surface area contributed by atoms with Crippen molar-refractivity contribution in [3.8, 4) is 5.69 Å². The lowest BCUT2D eigenvalue weighted by molar-refractivity contribution is 0.565. The topological polar surface area (TPSA) is 33.1 Å². The predicted octanol–water partition coefficient (Wildman–Crippen LogP) is 8.04. The van der Waals surface area contributed by atoms with Gasteiger partial charge in [0, 0.05) is 32.8 Å². The summed E-state index contributed by atoms with van der Waals surface area (Å²) in [6.45, 7) is 6.29. The van der Waals surface area contributed by atoms with Crippen molar-refractivity contribution >= 4 is 62.1 Å². The normalized spacial score (nSPS) is 17.7. The zero-order valence-corrected chi connectivity index (χ0v) is 23.3. The molecule has 0 amide bonds. The van der Waals surface area contributed by atoms with Crippen LogP contribution in [0.2, 0.25) is 10.0 Å². The van der Waals surface area contributed by atoms with E-state index in [0.29, 0.717) is 15.2 Å². The number of nitrogens with one attached hydrogen (secondary N) is 1. The fourth-order valence-corrected chi connectivity index (χ4v) is 5.93. The number of hydrogen-bond acceptors (Lipinski definition) is 2. The van der Waals surface area contributed by atoms with Gasteiger partial charge in [0.1, 0.15) is 0 Å². The third-order valence-electron chi connectivity index (χ3n) is 6.46. The summed E-state index contributed by atoms with van der Waals surface area (Å²) in [5, 5.41) is 5.43. The quantitative estimate of drug-likeness (QED) is 0.246. The van der Waals surface area contributed by atoms with Gasteiger partial charge < -0.3 is 14.8 Å². The van der Waals surface area contributed by atoms with Crippen LogP contribution in [0.5, 0.6) is 0 Å². The highest BCUT2D eigenvalue weighted by molar-refractivity contribution is 9.10. The van der Waals surface area contributed by atoms with E-state index in [4.69, 9.17) is 35.4 Å². The highest BCUT2D eigenvalue weighted by Crippen LogP contribution is 2.44. The van der Waals surface area contributed by atoms with Gasteiger partial charge in [0.05, 0.1) is 28.5 Å². The van der Waals surface area contributed by atoms with E-state index in [1.54, 1.807) is 6.07 Å². The molecule has 4 nitrogen and oxygen atoms in total. The highest BCUT2D eigenvalue weighted by Gasteiger charge is 2.42. The molecule has 1 N–H and O–H groups in total. The lowest BCUT2D eigenvalue weighted by Gasteiger charge is -2.28. The maximum absolute atomic E-state index is 6.62. The van der Waals surface area contributed by atoms with Crippen molar-refractivity contribution in [2.45, 2.75) is 32.9 Å². The number of aromatic nitrogens is 2. The molecule has 5 rings (SSSR count). The second kappa shape index (κ2) is 9.58. The molecule has 35 heavy (non-hydrogen) atoms. The van der Waals surface area contributed by atoms with Crippen LogP contribution in [0.25, 0.3) is 5.69 Å². The van der Waals surface area contributed by atoms with Crippen LogP contribution < -0.4 is 10.2 Å². The Bertz CT molecular complexity index is 1440. The van der Waals surface area contributed by atoms with Crippen LogP contribution >= 0.6 is 51.3 Å². The van der Waals surface area contributed by atoms with Crippen LogP contribution in [0.4, 0.5) is 5.69 Å². The van der Waals surface area contributed by atoms with E-state index in [2.05, 4.69) is 80.7 Å². The molecular weight excluding hydrogens is 563 g/mol. The predicted molar refractivity (Wildman–Crippen MR) is 152 cm³/mol. The average Bonchev–Trinajstić information content (AvgIpc) is 3.32. The van der Waals surface area contributed by atoms with Crippen LogP contribution in [0, 0.1) is 20.8 Å². The minimum atomic E-state index is -0.123. The van der Waals surface area contributed by atoms with E-state index in [9.17, 15) is 0 Å². The fraction of sp³-hybridized carbons (Fsp3) is 0.185. The first-order valence-corrected chi connectivity index (χ1v) is 13.1. The van der Waals surface area contributed by atoms with Crippen LogP contribution in [0.15, 0.2) is 71.3 Å². The number of aryl methyl sites for hydroxylation is 2. The minimum Gasteiger partial charge on any atom is -0.351 e. The minimum absolute atomic E-state index is 0.107. The Hall–Kier alpha value is -2.38. The van der Waals surface area contributed by atoms with Crippen molar-refractivity contribution in [3.05, 3.63) is 110 Å². The fourth-order valence-electron chi connectivity index (χ4n) is 4.85. The molecule has 0 saturated carbocycles. The Balaban J connectivity index is 1.70. The molecule has 178 valence electrons. The van der Waals surface area contributed by atoms with E-state index in [1.165, 1.54) is 0 Å². The molecule has 2 unspecified atom stereocenters. The SMILES string of the molecule is Cc1cc(N2C(=S)NC(c3ccccn3)C2c2cc(C)n(-c3ccc(Cl)cc3Cl)c2C)ccc1Br. The van der Waals surface area contributed by atoms with Crippen molar-refractivity contribution in [3.63, 3.8) is 0 Å². The van der Waals surface area contributed by atoms with Crippen molar-refractivity contribution in [2.75, 3.05) is 4.90 Å². The van der Waals surface area contributed by atoms with Gasteiger partial charge in [-0.15, -0.1) is 0 Å². The lowest BCUT2D eigenvalue weighted by Crippen LogP contribution is -2.29. The Morgan fingerprint density at radius 2 is 1.80 bits per heavy atom. The van der Waals surface area contributed by atoms with E-state index in [1.807, 2.05) is 36.5 Å². The van der Waals surface area contributed by atoms with Crippen molar-refractivity contribution in [1.29, 1.82) is 0 Å². The summed E-state index contributed by atoms with van der Waals surface area (Å²) in [7, 11) is 0. The van der Waals surface area contributed by atoms with E-state index >= 15 is 0 Å². The van der Waals surface area contributed by atoms with Gasteiger partial charge in [-0.25, -0.2) is 0 Å². The molecule has 1 aliphatic rings. The molecule has 0 spiro atoms. The summed E-state index contributed by atoms with van der Waals surface area (Å²) in [6, 6.07) is 19.9. The van der Waals surface area contributed by atoms with Gasteiger partial charge in [0.2, 0.25) is 0 Å². The van der Waals surface area contributed by atoms with Gasteiger partial charge >= 0.3 is 0 Å². The zero-order chi connectivity index (χ0) is 24.9. The molecular formula is C27H23BrCl2N4S. The molecule has 3 heterocycles. The largest absolute Gasteiger partial charge is 0.351 e. The Kier molecular flexibility index (Phi) is 6.66. The summed E-state index contributed by atoms with van der Waals surface area (Å²) >= 11 is 22.3. The summed E-state index contributed by atoms with van der Waals surface area (Å²) < 4.78 is 3.24. The standard InChI is InChI=1S/C27H23BrCl2N4S/c1-15-12-19(8-9-21(15)28)34-26(25(32-27(34)35)23-6-4-5-11-31-23)20-13-16(2)33(17(20)3)24-10-7-18(29)14-22(24)30/h4-14,25-26H,1-3H3,(H,32,35). The number of hydrogen-bond donors (Lipinski definition) is 1. The van der Waals surface area contributed by atoms with Gasteiger partial charge in [-0.1, -0.05) is 45.2 Å². The van der Waals surface area contributed by atoms with Crippen molar-refractivity contribution in [2.24, 2.45) is 0 Å². The molecule has 2 aromatic heterocycles. The highest BCUT2D eigenvalue weighted by atomic mass is 79.9. The third kappa shape index (κ3) is 4.38. The van der Waals surface area contributed by atoms with Crippen LogP contribution in [-0.2, 0) is 0 Å². The first kappa shape index (κ1) is 24.3. The molecule has 2 atom stereocenters. The maximum Gasteiger partial charge on any atom is 0.174 e. The number of benzene rings is 2. The number of nitrogens with zero attached hydrogens (tertiary/aromatic N) is 3. The zero-order valence-electron chi connectivity index (χ0n) is 19.4. The van der Waals surface area contributed by atoms with Crippen molar-refractivity contribution in [1.82, 2.24) is 14.9 Å². The smallest absolute Gasteiger partial charge is 0.174 e. The molecule has 1 aliphatic heterocycles. The van der Waals surface area contributed by atoms with E-state index in [0.717, 1.165) is 44.1 Å². The number of anilines is 1. The monoisotopic (exact) mass is 584 g/mol. The number of thiocarbonyl (C=S) groups is 1. The summed E-state index contributed by atoms with van der Waals surface area (Å²) in [4.78, 5) is 6.87. The Labute approximate surface area is 229 Å². The first-order chi connectivity index (χ1) is 16.8. The molecule has 0 bridgehead atoms. The molecule has 8 heteroatoms. The molecule has 1 fully saturated rings. The maximum atomic E-state index is 6.62. The van der Waals surface area contributed by atoms with Gasteiger partial charge in [-0.2, -0.15) is 0 Å². The van der Waals surface area contributed by atoms with Crippen LogP contribution in [0.1, 0.15) is 40.3 Å². The summed E-state index contributed by atoms with van der Waals surface area (Å²) in [6.07, 6.45) is 1.82. The second-order valence-corrected chi connectivity index (χ2v) is 10.8.